The van der Waals surface area contributed by atoms with Gasteiger partial charge in [0, 0.05) is 16.0 Å². The topological polar surface area (TPSA) is 34.1 Å². The lowest BCUT2D eigenvalue weighted by Crippen LogP contribution is -1.98. The van der Waals surface area contributed by atoms with Crippen molar-refractivity contribution in [1.82, 2.24) is 0 Å². The highest BCUT2D eigenvalue weighted by atomic mass is 32.2. The van der Waals surface area contributed by atoms with Crippen LogP contribution in [-0.2, 0) is 15.6 Å². The van der Waals surface area contributed by atoms with Gasteiger partial charge in [0.2, 0.25) is 0 Å². The average molecular weight is 270 g/mol. The molecule has 0 aliphatic heterocycles. The Morgan fingerprint density at radius 1 is 1.11 bits per heavy atom. The molecular weight excluding hydrogens is 256 g/mol. The number of carbonyl (C=O) groups is 1. The minimum Gasteiger partial charge on any atom is -0.298 e. The highest BCUT2D eigenvalue weighted by Crippen LogP contribution is 2.24. The Morgan fingerprint density at radius 3 is 2.37 bits per heavy atom. The molecule has 0 bridgehead atoms. The van der Waals surface area contributed by atoms with Gasteiger partial charge in [0.05, 0.1) is 15.7 Å². The number of carbonyl (C=O) groups excluding carboxylic acids is 1. The van der Waals surface area contributed by atoms with Gasteiger partial charge in [-0.3, -0.25) is 4.79 Å². The normalized spacial score (nSPS) is 11.8. The Bertz CT molecular complexity index is 642. The molecule has 0 aromatic heterocycles. The second-order valence-electron chi connectivity index (χ2n) is 4.22. The molecule has 2 nitrogen and oxygen atoms in total. The first kappa shape index (κ1) is 13.4. The van der Waals surface area contributed by atoms with Crippen LogP contribution >= 0.6 is 0 Å². The second kappa shape index (κ2) is 5.76. The van der Waals surface area contributed by atoms with Gasteiger partial charge in [0.25, 0.3) is 0 Å². The molecule has 0 spiro atoms. The van der Waals surface area contributed by atoms with Crippen LogP contribution < -0.4 is 0 Å². The molecule has 0 saturated heterocycles. The van der Waals surface area contributed by atoms with Gasteiger partial charge in [-0.15, -0.1) is 0 Å². The number of benzene rings is 2. The fourth-order valence-electron chi connectivity index (χ4n) is 1.75. The lowest BCUT2D eigenvalue weighted by atomic mass is 10.1. The summed E-state index contributed by atoms with van der Waals surface area (Å²) in [5.41, 5.74) is 2.10. The van der Waals surface area contributed by atoms with Crippen molar-refractivity contribution < 1.29 is 9.00 Å². The van der Waals surface area contributed by atoms with E-state index in [1.165, 1.54) is 0 Å². The lowest BCUT2D eigenvalue weighted by molar-refractivity contribution is -0.103. The fraction of sp³-hybridized carbons (Fsp3) is 0.0625. The van der Waals surface area contributed by atoms with Crippen LogP contribution in [-0.4, -0.2) is 10.5 Å². The summed E-state index contributed by atoms with van der Waals surface area (Å²) in [6, 6.07) is 14.7. The molecule has 2 rings (SSSR count). The molecule has 0 fully saturated rings. The van der Waals surface area contributed by atoms with E-state index < -0.39 is 10.8 Å². The SMILES string of the molecule is C=C(C=O)c1ccccc1S(=O)c1ccc(C)cc1. The molecular formula is C16H14O2S. The van der Waals surface area contributed by atoms with Gasteiger partial charge in [-0.1, -0.05) is 42.5 Å². The van der Waals surface area contributed by atoms with Crippen molar-refractivity contribution in [3.8, 4) is 0 Å². The largest absolute Gasteiger partial charge is 0.298 e. The van der Waals surface area contributed by atoms with Crippen LogP contribution in [0.25, 0.3) is 5.57 Å². The minimum absolute atomic E-state index is 0.344. The summed E-state index contributed by atoms with van der Waals surface area (Å²) < 4.78 is 12.6. The maximum Gasteiger partial charge on any atom is 0.150 e. The van der Waals surface area contributed by atoms with Crippen LogP contribution in [0.3, 0.4) is 0 Å². The summed E-state index contributed by atoms with van der Waals surface area (Å²) in [7, 11) is -1.31. The lowest BCUT2D eigenvalue weighted by Gasteiger charge is -2.08. The number of allylic oxidation sites excluding steroid dienone is 1. The molecule has 0 aliphatic rings. The molecule has 1 unspecified atom stereocenters. The molecule has 96 valence electrons. The number of aldehydes is 1. The summed E-state index contributed by atoms with van der Waals surface area (Å²) in [6.07, 6.45) is 0.686. The van der Waals surface area contributed by atoms with E-state index in [2.05, 4.69) is 6.58 Å². The van der Waals surface area contributed by atoms with Gasteiger partial charge in [-0.05, 0) is 25.1 Å². The van der Waals surface area contributed by atoms with Crippen LogP contribution in [0, 0.1) is 6.92 Å². The molecule has 19 heavy (non-hydrogen) atoms. The van der Waals surface area contributed by atoms with Crippen LogP contribution in [0.1, 0.15) is 11.1 Å². The van der Waals surface area contributed by atoms with E-state index in [-0.39, 0.29) is 0 Å². The van der Waals surface area contributed by atoms with Crippen LogP contribution in [0.15, 0.2) is 64.9 Å². The minimum atomic E-state index is -1.31. The Labute approximate surface area is 115 Å². The molecule has 0 amide bonds. The Hall–Kier alpha value is -2.00. The van der Waals surface area contributed by atoms with Crippen LogP contribution in [0.5, 0.6) is 0 Å². The van der Waals surface area contributed by atoms with Gasteiger partial charge in [0.15, 0.2) is 0 Å². The monoisotopic (exact) mass is 270 g/mol. The number of hydrogen-bond acceptors (Lipinski definition) is 2. The van der Waals surface area contributed by atoms with Crippen molar-refractivity contribution in [3.05, 3.63) is 66.2 Å². The Balaban J connectivity index is 2.47. The number of rotatable bonds is 4. The maximum absolute atomic E-state index is 12.6. The quantitative estimate of drug-likeness (QED) is 0.630. The van der Waals surface area contributed by atoms with E-state index in [0.29, 0.717) is 22.3 Å². The molecule has 0 radical (unpaired) electrons. The molecule has 3 heteroatoms. The highest BCUT2D eigenvalue weighted by molar-refractivity contribution is 7.85. The predicted molar refractivity (Wildman–Crippen MR) is 77.4 cm³/mol. The molecule has 0 N–H and O–H groups in total. The standard InChI is InChI=1S/C16H14O2S/c1-12-7-9-14(10-8-12)19(18)16-6-4-3-5-15(16)13(2)11-17/h3-11H,2H2,1H3. The summed E-state index contributed by atoms with van der Waals surface area (Å²) >= 11 is 0. The first-order valence-corrected chi connectivity index (χ1v) is 7.00. The molecule has 0 heterocycles. The number of hydrogen-bond donors (Lipinski definition) is 0. The summed E-state index contributed by atoms with van der Waals surface area (Å²) in [4.78, 5) is 12.2. The second-order valence-corrected chi connectivity index (χ2v) is 5.67. The molecule has 0 saturated carbocycles. The zero-order chi connectivity index (χ0) is 13.8. The van der Waals surface area contributed by atoms with Gasteiger partial charge < -0.3 is 0 Å². The molecule has 2 aromatic rings. The third-order valence-electron chi connectivity index (χ3n) is 2.81. The van der Waals surface area contributed by atoms with E-state index in [4.69, 9.17) is 0 Å². The van der Waals surface area contributed by atoms with Crippen molar-refractivity contribution in [2.24, 2.45) is 0 Å². The van der Waals surface area contributed by atoms with Gasteiger partial charge >= 0.3 is 0 Å². The smallest absolute Gasteiger partial charge is 0.150 e. The van der Waals surface area contributed by atoms with E-state index in [0.717, 1.165) is 10.5 Å². The predicted octanol–water partition coefficient (Wildman–Crippen LogP) is 3.37. The van der Waals surface area contributed by atoms with Crippen LogP contribution in [0.2, 0.25) is 0 Å². The zero-order valence-corrected chi connectivity index (χ0v) is 11.4. The van der Waals surface area contributed by atoms with Crippen molar-refractivity contribution >= 4 is 22.7 Å². The maximum atomic E-state index is 12.6. The summed E-state index contributed by atoms with van der Waals surface area (Å²) in [5, 5.41) is 0. The van der Waals surface area contributed by atoms with Crippen molar-refractivity contribution in [3.63, 3.8) is 0 Å². The van der Waals surface area contributed by atoms with E-state index in [1.54, 1.807) is 18.2 Å². The highest BCUT2D eigenvalue weighted by Gasteiger charge is 2.13. The summed E-state index contributed by atoms with van der Waals surface area (Å²) in [6.45, 7) is 5.67. The fourth-order valence-corrected chi connectivity index (χ4v) is 2.98. The zero-order valence-electron chi connectivity index (χ0n) is 10.6. The van der Waals surface area contributed by atoms with Crippen molar-refractivity contribution in [1.29, 1.82) is 0 Å². The van der Waals surface area contributed by atoms with Gasteiger partial charge in [-0.25, -0.2) is 4.21 Å². The van der Waals surface area contributed by atoms with E-state index >= 15 is 0 Å². The first-order chi connectivity index (χ1) is 9.13. The third-order valence-corrected chi connectivity index (χ3v) is 4.27. The summed E-state index contributed by atoms with van der Waals surface area (Å²) in [5.74, 6) is 0. The van der Waals surface area contributed by atoms with Crippen molar-refractivity contribution in [2.75, 3.05) is 0 Å². The van der Waals surface area contributed by atoms with Gasteiger partial charge in [-0.2, -0.15) is 0 Å². The van der Waals surface area contributed by atoms with Gasteiger partial charge in [0.1, 0.15) is 6.29 Å². The Kier molecular flexibility index (Phi) is 4.07. The van der Waals surface area contributed by atoms with Crippen LogP contribution in [0.4, 0.5) is 0 Å². The third kappa shape index (κ3) is 2.88. The first-order valence-electron chi connectivity index (χ1n) is 5.85. The Morgan fingerprint density at radius 2 is 1.74 bits per heavy atom. The van der Waals surface area contributed by atoms with Crippen molar-refractivity contribution in [2.45, 2.75) is 16.7 Å². The molecule has 2 aromatic carbocycles. The average Bonchev–Trinajstić information content (AvgIpc) is 2.46. The molecule has 0 aliphatic carbocycles. The van der Waals surface area contributed by atoms with E-state index in [1.807, 2.05) is 37.3 Å². The number of aryl methyl sites for hydroxylation is 1. The molecule has 1 atom stereocenters. The van der Waals surface area contributed by atoms with E-state index in [9.17, 15) is 9.00 Å².